The first-order chi connectivity index (χ1) is 12.2. The zero-order valence-electron chi connectivity index (χ0n) is 15.4. The van der Waals surface area contributed by atoms with Crippen molar-refractivity contribution in [3.05, 3.63) is 29.8 Å². The minimum Gasteiger partial charge on any atom is -0.480 e. The molecule has 0 spiro atoms. The fourth-order valence-corrected chi connectivity index (χ4v) is 4.78. The van der Waals surface area contributed by atoms with Crippen LogP contribution in [-0.4, -0.2) is 49.6 Å². The number of aliphatic carboxylic acids is 1. The number of rotatable bonds is 9. The van der Waals surface area contributed by atoms with Crippen molar-refractivity contribution < 1.29 is 18.3 Å². The molecule has 26 heavy (non-hydrogen) atoms. The lowest BCUT2D eigenvalue weighted by atomic mass is 9.86. The van der Waals surface area contributed by atoms with Crippen molar-refractivity contribution in [1.82, 2.24) is 9.62 Å². The lowest BCUT2D eigenvalue weighted by molar-refractivity contribution is -0.139. The van der Waals surface area contributed by atoms with E-state index in [9.17, 15) is 13.2 Å². The highest BCUT2D eigenvalue weighted by atomic mass is 32.2. The van der Waals surface area contributed by atoms with E-state index >= 15 is 0 Å². The maximum absolute atomic E-state index is 12.6. The van der Waals surface area contributed by atoms with E-state index in [1.807, 2.05) is 24.8 Å². The van der Waals surface area contributed by atoms with Gasteiger partial charge in [-0.3, -0.25) is 9.69 Å². The normalized spacial score (nSPS) is 23.2. The van der Waals surface area contributed by atoms with Gasteiger partial charge in [0.25, 0.3) is 0 Å². The molecule has 2 aliphatic carbocycles. The summed E-state index contributed by atoms with van der Waals surface area (Å²) in [5, 5.41) is 9.10. The molecule has 2 aliphatic rings. The van der Waals surface area contributed by atoms with Gasteiger partial charge in [0, 0.05) is 18.6 Å². The topological polar surface area (TPSA) is 86.7 Å². The number of carbonyl (C=O) groups is 1. The molecule has 144 valence electrons. The van der Waals surface area contributed by atoms with Crippen LogP contribution in [0.25, 0.3) is 0 Å². The van der Waals surface area contributed by atoms with Crippen LogP contribution >= 0.6 is 0 Å². The van der Waals surface area contributed by atoms with Crippen LogP contribution in [0.2, 0.25) is 0 Å². The van der Waals surface area contributed by atoms with Crippen LogP contribution in [0.4, 0.5) is 0 Å². The average molecular weight is 381 g/mol. The molecule has 0 saturated heterocycles. The second kappa shape index (κ2) is 7.66. The highest BCUT2D eigenvalue weighted by Crippen LogP contribution is 2.34. The molecule has 0 atom stereocenters. The maximum Gasteiger partial charge on any atom is 0.317 e. The van der Waals surface area contributed by atoms with E-state index in [1.54, 1.807) is 18.2 Å². The van der Waals surface area contributed by atoms with Crippen molar-refractivity contribution in [2.75, 3.05) is 13.1 Å². The van der Waals surface area contributed by atoms with E-state index in [0.29, 0.717) is 23.7 Å². The summed E-state index contributed by atoms with van der Waals surface area (Å²) < 4.78 is 28.0. The Bertz CT molecular complexity index is 753. The van der Waals surface area contributed by atoms with Gasteiger partial charge in [0.2, 0.25) is 10.0 Å². The zero-order valence-corrected chi connectivity index (χ0v) is 16.2. The largest absolute Gasteiger partial charge is 0.480 e. The Balaban J connectivity index is 1.58. The molecule has 0 radical (unpaired) electrons. The second-order valence-electron chi connectivity index (χ2n) is 7.94. The summed E-state index contributed by atoms with van der Waals surface area (Å²) >= 11 is 0. The molecule has 7 heteroatoms. The fourth-order valence-electron chi connectivity index (χ4n) is 3.46. The van der Waals surface area contributed by atoms with Gasteiger partial charge in [-0.25, -0.2) is 13.1 Å². The molecule has 6 nitrogen and oxygen atoms in total. The van der Waals surface area contributed by atoms with Crippen molar-refractivity contribution >= 4 is 16.0 Å². The maximum atomic E-state index is 12.6. The van der Waals surface area contributed by atoms with Crippen molar-refractivity contribution in [2.24, 2.45) is 5.92 Å². The first-order valence-electron chi connectivity index (χ1n) is 9.32. The van der Waals surface area contributed by atoms with Crippen LogP contribution in [0, 0.1) is 5.92 Å². The lowest BCUT2D eigenvalue weighted by Gasteiger charge is -2.42. The molecular formula is C19H28N2O4S. The fraction of sp³-hybridized carbons (Fsp3) is 0.632. The summed E-state index contributed by atoms with van der Waals surface area (Å²) in [6.07, 6.45) is 3.68. The molecule has 2 saturated carbocycles. The summed E-state index contributed by atoms with van der Waals surface area (Å²) in [6.45, 7) is 4.92. The van der Waals surface area contributed by atoms with Crippen molar-refractivity contribution in [1.29, 1.82) is 0 Å². The van der Waals surface area contributed by atoms with E-state index in [0.717, 1.165) is 12.1 Å². The van der Waals surface area contributed by atoms with E-state index in [4.69, 9.17) is 5.11 Å². The molecular weight excluding hydrogens is 352 g/mol. The Morgan fingerprint density at radius 1 is 1.31 bits per heavy atom. The van der Waals surface area contributed by atoms with Crippen LogP contribution in [-0.2, 0) is 14.8 Å². The number of hydrogen-bond donors (Lipinski definition) is 2. The van der Waals surface area contributed by atoms with E-state index in [2.05, 4.69) is 4.72 Å². The Hall–Kier alpha value is -1.44. The molecule has 2 fully saturated rings. The highest BCUT2D eigenvalue weighted by Gasteiger charge is 2.38. The summed E-state index contributed by atoms with van der Waals surface area (Å²) in [5.74, 6) is 0.0641. The monoisotopic (exact) mass is 380 g/mol. The first-order valence-corrected chi connectivity index (χ1v) is 10.8. The number of nitrogens with zero attached hydrogens (tertiary/aromatic N) is 1. The Kier molecular flexibility index (Phi) is 5.69. The third kappa shape index (κ3) is 4.84. The summed E-state index contributed by atoms with van der Waals surface area (Å²) in [4.78, 5) is 13.4. The Morgan fingerprint density at radius 2 is 2.00 bits per heavy atom. The van der Waals surface area contributed by atoms with E-state index < -0.39 is 16.0 Å². The predicted molar refractivity (Wildman–Crippen MR) is 99.6 cm³/mol. The van der Waals surface area contributed by atoms with Gasteiger partial charge in [-0.2, -0.15) is 0 Å². The molecule has 0 amide bonds. The zero-order chi connectivity index (χ0) is 18.9. The van der Waals surface area contributed by atoms with Gasteiger partial charge < -0.3 is 5.11 Å². The van der Waals surface area contributed by atoms with Crippen LogP contribution in [0.15, 0.2) is 29.2 Å². The Morgan fingerprint density at radius 3 is 2.58 bits per heavy atom. The molecule has 0 unspecified atom stereocenters. The van der Waals surface area contributed by atoms with Crippen LogP contribution in [0.1, 0.15) is 51.0 Å². The van der Waals surface area contributed by atoms with Crippen molar-refractivity contribution in [3.63, 3.8) is 0 Å². The number of benzene rings is 1. The predicted octanol–water partition coefficient (Wildman–Crippen LogP) is 2.42. The third-order valence-electron chi connectivity index (χ3n) is 5.31. The molecule has 0 aliphatic heterocycles. The molecule has 1 aromatic rings. The molecule has 0 aromatic heterocycles. The second-order valence-corrected chi connectivity index (χ2v) is 9.65. The number of sulfonamides is 1. The molecule has 1 aromatic carbocycles. The van der Waals surface area contributed by atoms with Crippen molar-refractivity contribution in [3.8, 4) is 0 Å². The van der Waals surface area contributed by atoms with Gasteiger partial charge in [-0.15, -0.1) is 0 Å². The van der Waals surface area contributed by atoms with Gasteiger partial charge in [0.05, 0.1) is 11.4 Å². The van der Waals surface area contributed by atoms with Gasteiger partial charge in [0.1, 0.15) is 0 Å². The quantitative estimate of drug-likeness (QED) is 0.687. The van der Waals surface area contributed by atoms with Gasteiger partial charge in [-0.1, -0.05) is 26.0 Å². The molecule has 0 heterocycles. The highest BCUT2D eigenvalue weighted by molar-refractivity contribution is 7.89. The smallest absolute Gasteiger partial charge is 0.317 e. The molecule has 2 N–H and O–H groups in total. The van der Waals surface area contributed by atoms with Crippen LogP contribution in [0.3, 0.4) is 0 Å². The standard InChI is InChI=1S/C19H28N2O4S/c1-13(2)15-4-3-5-18(8-15)26(24,25)20-16-9-17(10-16)21(12-19(22)23)11-14-6-7-14/h3-5,8,13-14,16-17,20H,6-7,9-12H2,1-2H3,(H,22,23). The summed E-state index contributed by atoms with van der Waals surface area (Å²) in [5.41, 5.74) is 0.997. The molecule has 0 bridgehead atoms. The SMILES string of the molecule is CC(C)c1cccc(S(=O)(=O)NC2CC(N(CC(=O)O)CC3CC3)C2)c1. The van der Waals surface area contributed by atoms with Crippen molar-refractivity contribution in [2.45, 2.75) is 62.4 Å². The minimum atomic E-state index is -3.54. The van der Waals surface area contributed by atoms with Crippen LogP contribution < -0.4 is 4.72 Å². The number of carboxylic acids is 1. The number of carboxylic acid groups (broad SMARTS) is 1. The van der Waals surface area contributed by atoms with E-state index in [-0.39, 0.29) is 24.5 Å². The summed E-state index contributed by atoms with van der Waals surface area (Å²) in [6, 6.07) is 7.09. The molecule has 3 rings (SSSR count). The Labute approximate surface area is 155 Å². The van der Waals surface area contributed by atoms with Gasteiger partial charge in [-0.05, 0) is 55.2 Å². The minimum absolute atomic E-state index is 0.0388. The number of hydrogen-bond acceptors (Lipinski definition) is 4. The average Bonchev–Trinajstić information content (AvgIpc) is 3.33. The third-order valence-corrected chi connectivity index (χ3v) is 6.83. The number of nitrogens with one attached hydrogen (secondary N) is 1. The lowest BCUT2D eigenvalue weighted by Crippen LogP contribution is -2.55. The van der Waals surface area contributed by atoms with Gasteiger partial charge in [0.15, 0.2) is 0 Å². The van der Waals surface area contributed by atoms with E-state index in [1.165, 1.54) is 12.8 Å². The summed E-state index contributed by atoms with van der Waals surface area (Å²) in [7, 11) is -3.54. The first kappa shape index (κ1) is 19.3. The van der Waals surface area contributed by atoms with Crippen LogP contribution in [0.5, 0.6) is 0 Å². The van der Waals surface area contributed by atoms with Gasteiger partial charge >= 0.3 is 5.97 Å².